The number of nitrogens with one attached hydrogen (secondary N) is 1. The first kappa shape index (κ1) is 20.2. The van der Waals surface area contributed by atoms with Crippen LogP contribution in [-0.4, -0.2) is 38.9 Å². The van der Waals surface area contributed by atoms with E-state index in [9.17, 15) is 4.79 Å². The molecule has 8 nitrogen and oxygen atoms in total. The van der Waals surface area contributed by atoms with Crippen molar-refractivity contribution in [2.75, 3.05) is 18.5 Å². The maximum Gasteiger partial charge on any atom is 0.248 e. The Hall–Kier alpha value is -3.72. The van der Waals surface area contributed by atoms with Gasteiger partial charge in [-0.2, -0.15) is 9.61 Å². The molecule has 2 aromatic heterocycles. The largest absolute Gasteiger partial charge is 0.490 e. The van der Waals surface area contributed by atoms with Gasteiger partial charge in [0.05, 0.1) is 13.2 Å². The topological polar surface area (TPSA) is 90.6 Å². The molecule has 0 saturated carbocycles. The van der Waals surface area contributed by atoms with E-state index in [4.69, 9.17) is 9.47 Å². The van der Waals surface area contributed by atoms with Crippen LogP contribution in [0.3, 0.4) is 0 Å². The van der Waals surface area contributed by atoms with Crippen LogP contribution < -0.4 is 14.8 Å². The lowest BCUT2D eigenvalue weighted by atomic mass is 10.1. The number of anilines is 1. The predicted octanol–water partition coefficient (Wildman–Crippen LogP) is 4.36. The number of ether oxygens (including phenoxy) is 2. The number of hydrogen-bond acceptors (Lipinski definition) is 7. The highest BCUT2D eigenvalue weighted by Crippen LogP contribution is 2.32. The lowest BCUT2D eigenvalue weighted by Crippen LogP contribution is -2.08. The normalized spacial score (nSPS) is 13.8. The quantitative estimate of drug-likeness (QED) is 0.468. The first-order valence-electron chi connectivity index (χ1n) is 10.3. The van der Waals surface area contributed by atoms with Crippen LogP contribution in [0, 0.1) is 6.92 Å². The number of aryl methyl sites for hydroxylation is 1. The highest BCUT2D eigenvalue weighted by molar-refractivity contribution is 7.19. The van der Waals surface area contributed by atoms with Crippen LogP contribution in [0.5, 0.6) is 11.5 Å². The molecule has 1 N–H and O–H groups in total. The molecule has 32 heavy (non-hydrogen) atoms. The Morgan fingerprint density at radius 3 is 2.81 bits per heavy atom. The molecule has 5 rings (SSSR count). The molecule has 0 atom stereocenters. The number of carbonyl (C=O) groups excluding carboxylic acids is 1. The van der Waals surface area contributed by atoms with E-state index in [1.54, 1.807) is 10.6 Å². The number of hydrogen-bond donors (Lipinski definition) is 1. The molecule has 1 amide bonds. The molecule has 0 spiro atoms. The van der Waals surface area contributed by atoms with Gasteiger partial charge in [0.15, 0.2) is 17.3 Å². The Kier molecular flexibility index (Phi) is 5.32. The van der Waals surface area contributed by atoms with Crippen molar-refractivity contribution in [1.29, 1.82) is 0 Å². The average Bonchev–Trinajstić information content (AvgIpc) is 3.27. The first-order valence-corrected chi connectivity index (χ1v) is 11.1. The van der Waals surface area contributed by atoms with Gasteiger partial charge in [0.1, 0.15) is 5.01 Å². The number of fused-ring (bicyclic) bond motifs is 2. The maximum atomic E-state index is 12.7. The molecule has 162 valence electrons. The van der Waals surface area contributed by atoms with E-state index >= 15 is 0 Å². The molecule has 0 radical (unpaired) electrons. The van der Waals surface area contributed by atoms with Gasteiger partial charge < -0.3 is 14.8 Å². The number of nitrogens with zero attached hydrogens (tertiary/aromatic N) is 4. The zero-order chi connectivity index (χ0) is 22.1. The fourth-order valence-corrected chi connectivity index (χ4v) is 4.31. The minimum atomic E-state index is -0.208. The summed E-state index contributed by atoms with van der Waals surface area (Å²) in [6, 6.07) is 13.3. The van der Waals surface area contributed by atoms with E-state index < -0.39 is 0 Å². The molecule has 0 saturated heterocycles. The molecule has 3 heterocycles. The smallest absolute Gasteiger partial charge is 0.248 e. The number of benzene rings is 2. The average molecular weight is 448 g/mol. The van der Waals surface area contributed by atoms with Gasteiger partial charge in [-0.05, 0) is 49.2 Å². The summed E-state index contributed by atoms with van der Waals surface area (Å²) in [6.45, 7) is 5.03. The summed E-state index contributed by atoms with van der Waals surface area (Å²) >= 11 is 1.45. The van der Waals surface area contributed by atoms with Crippen molar-refractivity contribution in [3.05, 3.63) is 59.9 Å². The van der Waals surface area contributed by atoms with Crippen LogP contribution in [0.25, 0.3) is 21.1 Å². The summed E-state index contributed by atoms with van der Waals surface area (Å²) in [7, 11) is 0. The van der Waals surface area contributed by atoms with Crippen molar-refractivity contribution in [2.45, 2.75) is 20.3 Å². The molecule has 2 aromatic carbocycles. The number of amides is 1. The van der Waals surface area contributed by atoms with Gasteiger partial charge in [-0.1, -0.05) is 29.5 Å². The molecular weight excluding hydrogens is 426 g/mol. The molecule has 0 unspecified atom stereocenters. The van der Waals surface area contributed by atoms with Crippen molar-refractivity contribution >= 4 is 33.5 Å². The third kappa shape index (κ3) is 4.06. The maximum absolute atomic E-state index is 12.7. The second-order valence-electron chi connectivity index (χ2n) is 7.46. The molecule has 1 aliphatic rings. The standard InChI is InChI=1S/C23H21N5O3S/c1-14(16-7-8-19-20(13-16)31-10-4-9-30-19)11-21(29)24-18-6-3-5-17(12-18)22-27-28-15(2)25-26-23(28)32-22/h3,5-8,11-13H,4,9-10H2,1-2H3,(H,24,29). The molecule has 4 aromatic rings. The van der Waals surface area contributed by atoms with Gasteiger partial charge in [-0.3, -0.25) is 4.79 Å². The zero-order valence-corrected chi connectivity index (χ0v) is 18.5. The summed E-state index contributed by atoms with van der Waals surface area (Å²) in [5.74, 6) is 1.98. The van der Waals surface area contributed by atoms with Gasteiger partial charge in [0.25, 0.3) is 0 Å². The highest BCUT2D eigenvalue weighted by Gasteiger charge is 2.13. The van der Waals surface area contributed by atoms with E-state index in [0.29, 0.717) is 24.7 Å². The van der Waals surface area contributed by atoms with Gasteiger partial charge in [0.2, 0.25) is 10.9 Å². The Morgan fingerprint density at radius 1 is 1.12 bits per heavy atom. The van der Waals surface area contributed by atoms with Crippen molar-refractivity contribution in [1.82, 2.24) is 19.8 Å². The lowest BCUT2D eigenvalue weighted by molar-refractivity contribution is -0.111. The highest BCUT2D eigenvalue weighted by atomic mass is 32.1. The van der Waals surface area contributed by atoms with Gasteiger partial charge in [0, 0.05) is 23.7 Å². The van der Waals surface area contributed by atoms with Crippen LogP contribution in [0.15, 0.2) is 48.5 Å². The second kappa shape index (κ2) is 8.43. The summed E-state index contributed by atoms with van der Waals surface area (Å²) in [6.07, 6.45) is 2.43. The van der Waals surface area contributed by atoms with Crippen LogP contribution in [0.1, 0.15) is 24.7 Å². The molecule has 0 aliphatic carbocycles. The van der Waals surface area contributed by atoms with Crippen molar-refractivity contribution < 1.29 is 14.3 Å². The summed E-state index contributed by atoms with van der Waals surface area (Å²) in [4.78, 5) is 13.4. The second-order valence-corrected chi connectivity index (χ2v) is 8.41. The van der Waals surface area contributed by atoms with Gasteiger partial charge >= 0.3 is 0 Å². The molecule has 0 fully saturated rings. The molecule has 9 heteroatoms. The summed E-state index contributed by atoms with van der Waals surface area (Å²) < 4.78 is 13.1. The number of rotatable bonds is 4. The van der Waals surface area contributed by atoms with Crippen LogP contribution in [0.4, 0.5) is 5.69 Å². The van der Waals surface area contributed by atoms with Crippen molar-refractivity contribution in [2.24, 2.45) is 0 Å². The fourth-order valence-electron chi connectivity index (χ4n) is 3.43. The summed E-state index contributed by atoms with van der Waals surface area (Å²) in [5, 5.41) is 16.4. The van der Waals surface area contributed by atoms with E-state index in [-0.39, 0.29) is 5.91 Å². The van der Waals surface area contributed by atoms with E-state index in [0.717, 1.165) is 44.7 Å². The Bertz CT molecular complexity index is 1340. The van der Waals surface area contributed by atoms with Crippen molar-refractivity contribution in [3.8, 4) is 22.1 Å². The number of allylic oxidation sites excluding steroid dienone is 1. The summed E-state index contributed by atoms with van der Waals surface area (Å²) in [5.41, 5.74) is 3.34. The lowest BCUT2D eigenvalue weighted by Gasteiger charge is -2.10. The third-order valence-electron chi connectivity index (χ3n) is 5.07. The third-order valence-corrected chi connectivity index (χ3v) is 6.02. The fraction of sp³-hybridized carbons (Fsp3) is 0.217. The SMILES string of the molecule is CC(=CC(=O)Nc1cccc(-c2nn3c(C)nnc3s2)c1)c1ccc2c(c1)OCCCO2. The number of carbonyl (C=O) groups is 1. The van der Waals surface area contributed by atoms with Gasteiger partial charge in [-0.15, -0.1) is 10.2 Å². The van der Waals surface area contributed by atoms with Gasteiger partial charge in [-0.25, -0.2) is 0 Å². The molecule has 1 aliphatic heterocycles. The monoisotopic (exact) mass is 447 g/mol. The zero-order valence-electron chi connectivity index (χ0n) is 17.7. The minimum absolute atomic E-state index is 0.208. The Morgan fingerprint density at radius 2 is 1.97 bits per heavy atom. The van der Waals surface area contributed by atoms with E-state index in [1.165, 1.54) is 11.3 Å². The molecule has 0 bridgehead atoms. The Balaban J connectivity index is 1.33. The Labute approximate surface area is 188 Å². The van der Waals surface area contributed by atoms with E-state index in [2.05, 4.69) is 20.6 Å². The number of aromatic nitrogens is 4. The minimum Gasteiger partial charge on any atom is -0.490 e. The molecular formula is C23H21N5O3S. The van der Waals surface area contributed by atoms with E-state index in [1.807, 2.05) is 56.3 Å². The van der Waals surface area contributed by atoms with Crippen LogP contribution in [-0.2, 0) is 4.79 Å². The predicted molar refractivity (Wildman–Crippen MR) is 123 cm³/mol. The van der Waals surface area contributed by atoms with Crippen LogP contribution >= 0.6 is 11.3 Å². The van der Waals surface area contributed by atoms with Crippen molar-refractivity contribution in [3.63, 3.8) is 0 Å². The first-order chi connectivity index (χ1) is 15.6. The van der Waals surface area contributed by atoms with Crippen LogP contribution in [0.2, 0.25) is 0 Å².